The van der Waals surface area contributed by atoms with E-state index in [0.717, 1.165) is 19.6 Å². The van der Waals surface area contributed by atoms with Crippen LogP contribution in [0.2, 0.25) is 0 Å². The van der Waals surface area contributed by atoms with Crippen molar-refractivity contribution in [1.82, 2.24) is 5.32 Å². The summed E-state index contributed by atoms with van der Waals surface area (Å²) < 4.78 is 5.84. The molecule has 1 fully saturated rings. The molecule has 0 aliphatic carbocycles. The predicted octanol–water partition coefficient (Wildman–Crippen LogP) is 4.11. The van der Waals surface area contributed by atoms with E-state index in [1.807, 2.05) is 0 Å². The molecule has 1 aromatic carbocycles. The van der Waals surface area contributed by atoms with Gasteiger partial charge in [0.15, 0.2) is 0 Å². The van der Waals surface area contributed by atoms with Crippen molar-refractivity contribution in [3.63, 3.8) is 0 Å². The van der Waals surface area contributed by atoms with Gasteiger partial charge in [-0.3, -0.25) is 0 Å². The van der Waals surface area contributed by atoms with Gasteiger partial charge in [-0.25, -0.2) is 0 Å². The van der Waals surface area contributed by atoms with Gasteiger partial charge in [0.2, 0.25) is 0 Å². The standard InChI is InChI=1S/C19H31NO/c1-15-7-9-16(10-8-15)12-17(14-20-19(2,3)4)13-18-6-5-11-21-18/h7-10,17-18,20H,5-6,11-14H2,1-4H3. The fourth-order valence-corrected chi connectivity index (χ4v) is 2.95. The van der Waals surface area contributed by atoms with Crippen LogP contribution in [0.25, 0.3) is 0 Å². The highest BCUT2D eigenvalue weighted by Crippen LogP contribution is 2.23. The number of ether oxygens (including phenoxy) is 1. The molecule has 0 aromatic heterocycles. The molecule has 118 valence electrons. The summed E-state index contributed by atoms with van der Waals surface area (Å²) in [6, 6.07) is 8.98. The zero-order valence-electron chi connectivity index (χ0n) is 14.1. The summed E-state index contributed by atoms with van der Waals surface area (Å²) in [4.78, 5) is 0. The first-order valence-corrected chi connectivity index (χ1v) is 8.34. The average molecular weight is 289 g/mol. The van der Waals surface area contributed by atoms with Crippen LogP contribution >= 0.6 is 0 Å². The summed E-state index contributed by atoms with van der Waals surface area (Å²) in [6.45, 7) is 10.9. The van der Waals surface area contributed by atoms with Crippen molar-refractivity contribution in [2.45, 2.75) is 65.0 Å². The van der Waals surface area contributed by atoms with Crippen LogP contribution in [-0.2, 0) is 11.2 Å². The fraction of sp³-hybridized carbons (Fsp3) is 0.684. The molecule has 2 rings (SSSR count). The van der Waals surface area contributed by atoms with Crippen LogP contribution in [0.5, 0.6) is 0 Å². The van der Waals surface area contributed by atoms with Gasteiger partial charge < -0.3 is 10.1 Å². The van der Waals surface area contributed by atoms with Crippen molar-refractivity contribution in [2.75, 3.05) is 13.2 Å². The Labute approximate surface area is 130 Å². The molecular formula is C19H31NO. The van der Waals surface area contributed by atoms with E-state index in [2.05, 4.69) is 57.3 Å². The van der Waals surface area contributed by atoms with Crippen molar-refractivity contribution < 1.29 is 4.74 Å². The maximum absolute atomic E-state index is 5.84. The Kier molecular flexibility index (Phi) is 5.83. The van der Waals surface area contributed by atoms with Crippen LogP contribution in [0.15, 0.2) is 24.3 Å². The number of hydrogen-bond donors (Lipinski definition) is 1. The highest BCUT2D eigenvalue weighted by Gasteiger charge is 2.22. The third-order valence-corrected chi connectivity index (χ3v) is 4.19. The molecule has 1 heterocycles. The summed E-state index contributed by atoms with van der Waals surface area (Å²) in [5.74, 6) is 0.648. The van der Waals surface area contributed by atoms with Gasteiger partial charge in [-0.2, -0.15) is 0 Å². The minimum Gasteiger partial charge on any atom is -0.378 e. The van der Waals surface area contributed by atoms with Crippen LogP contribution in [0.4, 0.5) is 0 Å². The van der Waals surface area contributed by atoms with Gasteiger partial charge in [-0.1, -0.05) is 29.8 Å². The van der Waals surface area contributed by atoms with Gasteiger partial charge in [0.25, 0.3) is 0 Å². The second-order valence-corrected chi connectivity index (χ2v) is 7.56. The molecule has 0 bridgehead atoms. The monoisotopic (exact) mass is 289 g/mol. The molecule has 0 saturated carbocycles. The summed E-state index contributed by atoms with van der Waals surface area (Å²) >= 11 is 0. The van der Waals surface area contributed by atoms with E-state index in [1.165, 1.54) is 30.4 Å². The third kappa shape index (κ3) is 6.19. The molecule has 2 heteroatoms. The second kappa shape index (κ2) is 7.42. The van der Waals surface area contributed by atoms with Gasteiger partial charge >= 0.3 is 0 Å². The van der Waals surface area contributed by atoms with Crippen molar-refractivity contribution in [3.8, 4) is 0 Å². The van der Waals surface area contributed by atoms with Crippen LogP contribution in [-0.4, -0.2) is 24.8 Å². The van der Waals surface area contributed by atoms with Gasteiger partial charge in [0, 0.05) is 12.1 Å². The molecule has 2 unspecified atom stereocenters. The van der Waals surface area contributed by atoms with Gasteiger partial charge in [-0.15, -0.1) is 0 Å². The normalized spacial score (nSPS) is 20.7. The SMILES string of the molecule is Cc1ccc(CC(CNC(C)(C)C)CC2CCCO2)cc1. The van der Waals surface area contributed by atoms with E-state index < -0.39 is 0 Å². The Hall–Kier alpha value is -0.860. The van der Waals surface area contributed by atoms with Crippen LogP contribution in [0, 0.1) is 12.8 Å². The van der Waals surface area contributed by atoms with Gasteiger partial charge in [0.1, 0.15) is 0 Å². The summed E-state index contributed by atoms with van der Waals surface area (Å²) in [6.07, 6.45) is 5.26. The number of hydrogen-bond acceptors (Lipinski definition) is 2. The van der Waals surface area contributed by atoms with E-state index in [4.69, 9.17) is 4.74 Å². The predicted molar refractivity (Wildman–Crippen MR) is 89.7 cm³/mol. The van der Waals surface area contributed by atoms with Crippen molar-refractivity contribution >= 4 is 0 Å². The number of nitrogens with one attached hydrogen (secondary N) is 1. The smallest absolute Gasteiger partial charge is 0.0579 e. The lowest BCUT2D eigenvalue weighted by molar-refractivity contribution is 0.0882. The lowest BCUT2D eigenvalue weighted by atomic mass is 9.91. The molecule has 1 aliphatic rings. The molecule has 21 heavy (non-hydrogen) atoms. The third-order valence-electron chi connectivity index (χ3n) is 4.19. The van der Waals surface area contributed by atoms with Crippen molar-refractivity contribution in [2.24, 2.45) is 5.92 Å². The Morgan fingerprint density at radius 1 is 1.24 bits per heavy atom. The first-order valence-electron chi connectivity index (χ1n) is 8.34. The lowest BCUT2D eigenvalue weighted by Gasteiger charge is -2.27. The minimum absolute atomic E-state index is 0.183. The average Bonchev–Trinajstić information content (AvgIpc) is 2.91. The lowest BCUT2D eigenvalue weighted by Crippen LogP contribution is -2.40. The molecule has 0 amide bonds. The number of benzene rings is 1. The quantitative estimate of drug-likeness (QED) is 0.851. The summed E-state index contributed by atoms with van der Waals surface area (Å²) in [5, 5.41) is 3.67. The van der Waals surface area contributed by atoms with E-state index >= 15 is 0 Å². The molecule has 2 atom stereocenters. The maximum atomic E-state index is 5.84. The first-order chi connectivity index (χ1) is 9.92. The molecule has 0 radical (unpaired) electrons. The van der Waals surface area contributed by atoms with Crippen LogP contribution in [0.1, 0.15) is 51.2 Å². The van der Waals surface area contributed by atoms with E-state index in [-0.39, 0.29) is 5.54 Å². The van der Waals surface area contributed by atoms with Gasteiger partial charge in [0.05, 0.1) is 6.10 Å². The van der Waals surface area contributed by atoms with Crippen LogP contribution < -0.4 is 5.32 Å². The molecule has 1 saturated heterocycles. The second-order valence-electron chi connectivity index (χ2n) is 7.56. The molecule has 2 nitrogen and oxygen atoms in total. The Morgan fingerprint density at radius 3 is 2.52 bits per heavy atom. The Balaban J connectivity index is 1.94. The molecule has 1 aromatic rings. The Morgan fingerprint density at radius 2 is 1.95 bits per heavy atom. The summed E-state index contributed by atoms with van der Waals surface area (Å²) in [5.41, 5.74) is 2.96. The zero-order valence-corrected chi connectivity index (χ0v) is 14.1. The van der Waals surface area contributed by atoms with E-state index in [0.29, 0.717) is 12.0 Å². The number of rotatable bonds is 6. The topological polar surface area (TPSA) is 21.3 Å². The zero-order chi connectivity index (χ0) is 15.3. The van der Waals surface area contributed by atoms with Gasteiger partial charge in [-0.05, 0) is 71.4 Å². The molecule has 1 N–H and O–H groups in total. The highest BCUT2D eigenvalue weighted by molar-refractivity contribution is 5.21. The molecule has 0 spiro atoms. The van der Waals surface area contributed by atoms with E-state index in [1.54, 1.807) is 0 Å². The summed E-state index contributed by atoms with van der Waals surface area (Å²) in [7, 11) is 0. The van der Waals surface area contributed by atoms with Crippen molar-refractivity contribution in [3.05, 3.63) is 35.4 Å². The number of aryl methyl sites for hydroxylation is 1. The largest absolute Gasteiger partial charge is 0.378 e. The van der Waals surface area contributed by atoms with Crippen molar-refractivity contribution in [1.29, 1.82) is 0 Å². The Bertz CT molecular complexity index is 412. The highest BCUT2D eigenvalue weighted by atomic mass is 16.5. The molecule has 1 aliphatic heterocycles. The minimum atomic E-state index is 0.183. The fourth-order valence-electron chi connectivity index (χ4n) is 2.95. The van der Waals surface area contributed by atoms with E-state index in [9.17, 15) is 0 Å². The first kappa shape index (κ1) is 16.5. The molecular weight excluding hydrogens is 258 g/mol. The van der Waals surface area contributed by atoms with Crippen LogP contribution in [0.3, 0.4) is 0 Å². The maximum Gasteiger partial charge on any atom is 0.0579 e.